The van der Waals surface area contributed by atoms with E-state index in [2.05, 4.69) is 19.1 Å². The van der Waals surface area contributed by atoms with Crippen LogP contribution in [0.3, 0.4) is 0 Å². The number of ether oxygens (including phenoxy) is 1. The molecular formula is C21H30O4. The molecule has 0 radical (unpaired) electrons. The molecule has 0 aliphatic heterocycles. The van der Waals surface area contributed by atoms with Gasteiger partial charge in [-0.15, -0.1) is 0 Å². The Morgan fingerprint density at radius 3 is 2.60 bits per heavy atom. The Morgan fingerprint density at radius 2 is 1.88 bits per heavy atom. The second-order valence-electron chi connectivity index (χ2n) is 6.28. The summed E-state index contributed by atoms with van der Waals surface area (Å²) in [4.78, 5) is 22.9. The summed E-state index contributed by atoms with van der Waals surface area (Å²) in [5, 5.41) is 9.75. The van der Waals surface area contributed by atoms with Crippen LogP contribution >= 0.6 is 0 Å². The van der Waals surface area contributed by atoms with Crippen LogP contribution in [0.4, 0.5) is 0 Å². The maximum Gasteiger partial charge on any atom is 0.173 e. The second kappa shape index (κ2) is 12.3. The van der Waals surface area contributed by atoms with Gasteiger partial charge in [-0.25, -0.2) is 0 Å². The van der Waals surface area contributed by atoms with Crippen molar-refractivity contribution in [2.75, 3.05) is 0 Å². The van der Waals surface area contributed by atoms with Crippen molar-refractivity contribution in [3.05, 3.63) is 35.9 Å². The summed E-state index contributed by atoms with van der Waals surface area (Å²) in [7, 11) is 0. The van der Waals surface area contributed by atoms with Crippen LogP contribution in [0.5, 0.6) is 11.5 Å². The Labute approximate surface area is 150 Å². The Hall–Kier alpha value is -2.10. The van der Waals surface area contributed by atoms with Gasteiger partial charge in [0.05, 0.1) is 0 Å². The van der Waals surface area contributed by atoms with Gasteiger partial charge in [0.25, 0.3) is 0 Å². The van der Waals surface area contributed by atoms with Crippen molar-refractivity contribution in [2.24, 2.45) is 0 Å². The largest absolute Gasteiger partial charge is 0.504 e. The van der Waals surface area contributed by atoms with E-state index in [9.17, 15) is 14.7 Å². The van der Waals surface area contributed by atoms with Gasteiger partial charge in [0.2, 0.25) is 0 Å². The minimum Gasteiger partial charge on any atom is -0.504 e. The van der Waals surface area contributed by atoms with Crippen LogP contribution in [-0.4, -0.2) is 23.3 Å². The number of hydrogen-bond acceptors (Lipinski definition) is 4. The van der Waals surface area contributed by atoms with E-state index in [0.29, 0.717) is 24.7 Å². The lowest BCUT2D eigenvalue weighted by Gasteiger charge is -2.14. The monoisotopic (exact) mass is 346 g/mol. The SMILES string of the molecule is CCCCCCCC=CCCC(=O)C(C)Oc1cc(C=O)ccc1O. The number of aldehydes is 1. The Bertz CT molecular complexity index is 563. The maximum absolute atomic E-state index is 12.1. The molecule has 0 amide bonds. The van der Waals surface area contributed by atoms with E-state index in [1.54, 1.807) is 6.92 Å². The fourth-order valence-electron chi connectivity index (χ4n) is 2.48. The van der Waals surface area contributed by atoms with E-state index in [1.807, 2.05) is 0 Å². The van der Waals surface area contributed by atoms with E-state index in [1.165, 1.54) is 50.3 Å². The first-order chi connectivity index (χ1) is 12.1. The summed E-state index contributed by atoms with van der Waals surface area (Å²) in [6.45, 7) is 3.87. The molecule has 0 bridgehead atoms. The van der Waals surface area contributed by atoms with Crippen molar-refractivity contribution in [3.8, 4) is 11.5 Å². The average molecular weight is 346 g/mol. The molecule has 1 N–H and O–H groups in total. The van der Waals surface area contributed by atoms with Crippen molar-refractivity contribution < 1.29 is 19.4 Å². The standard InChI is InChI=1S/C21H30O4/c1-3-4-5-6-7-8-9-10-11-12-19(23)17(2)25-21-15-18(16-22)13-14-20(21)24/h9-10,13-17,24H,3-8,11-12H2,1-2H3. The van der Waals surface area contributed by atoms with Gasteiger partial charge in [-0.2, -0.15) is 0 Å². The third kappa shape index (κ3) is 8.52. The fourth-order valence-corrected chi connectivity index (χ4v) is 2.48. The van der Waals surface area contributed by atoms with Crippen molar-refractivity contribution in [1.82, 2.24) is 0 Å². The molecule has 1 unspecified atom stereocenters. The van der Waals surface area contributed by atoms with Gasteiger partial charge in [-0.3, -0.25) is 9.59 Å². The van der Waals surface area contributed by atoms with Crippen molar-refractivity contribution in [3.63, 3.8) is 0 Å². The molecular weight excluding hydrogens is 316 g/mol. The van der Waals surface area contributed by atoms with Crippen LogP contribution in [0.25, 0.3) is 0 Å². The molecule has 0 saturated carbocycles. The summed E-state index contributed by atoms with van der Waals surface area (Å²) in [5.41, 5.74) is 0.398. The van der Waals surface area contributed by atoms with Gasteiger partial charge >= 0.3 is 0 Å². The number of benzene rings is 1. The van der Waals surface area contributed by atoms with Crippen LogP contribution in [0.15, 0.2) is 30.4 Å². The molecule has 1 aromatic rings. The van der Waals surface area contributed by atoms with Gasteiger partial charge in [-0.1, -0.05) is 44.8 Å². The van der Waals surface area contributed by atoms with Crippen molar-refractivity contribution in [1.29, 1.82) is 0 Å². The first-order valence-corrected chi connectivity index (χ1v) is 9.21. The van der Waals surface area contributed by atoms with Crippen LogP contribution in [0.1, 0.15) is 75.6 Å². The number of Topliss-reactive ketones (excluding diaryl/α,β-unsaturated/α-hetero) is 1. The Morgan fingerprint density at radius 1 is 1.16 bits per heavy atom. The molecule has 138 valence electrons. The zero-order chi connectivity index (χ0) is 18.5. The van der Waals surface area contributed by atoms with Gasteiger partial charge in [0.15, 0.2) is 23.4 Å². The molecule has 0 aromatic heterocycles. The summed E-state index contributed by atoms with van der Waals surface area (Å²) < 4.78 is 5.50. The second-order valence-corrected chi connectivity index (χ2v) is 6.28. The number of rotatable bonds is 13. The lowest BCUT2D eigenvalue weighted by atomic mass is 10.1. The summed E-state index contributed by atoms with van der Waals surface area (Å²) in [5.74, 6) is 0.0600. The number of unbranched alkanes of at least 4 members (excludes halogenated alkanes) is 5. The first-order valence-electron chi connectivity index (χ1n) is 9.21. The van der Waals surface area contributed by atoms with Gasteiger partial charge < -0.3 is 9.84 Å². The van der Waals surface area contributed by atoms with Crippen molar-refractivity contribution >= 4 is 12.1 Å². The highest BCUT2D eigenvalue weighted by Gasteiger charge is 2.16. The number of aromatic hydroxyl groups is 1. The van der Waals surface area contributed by atoms with Crippen LogP contribution in [-0.2, 0) is 4.79 Å². The normalized spacial score (nSPS) is 12.2. The van der Waals surface area contributed by atoms with E-state index in [4.69, 9.17) is 4.74 Å². The Balaban J connectivity index is 2.29. The minimum atomic E-state index is -0.657. The molecule has 4 heteroatoms. The highest BCUT2D eigenvalue weighted by molar-refractivity contribution is 5.83. The molecule has 0 saturated heterocycles. The van der Waals surface area contributed by atoms with Crippen LogP contribution in [0, 0.1) is 0 Å². The number of carbonyl (C=O) groups excluding carboxylic acids is 2. The lowest BCUT2D eigenvalue weighted by Crippen LogP contribution is -2.23. The lowest BCUT2D eigenvalue weighted by molar-refractivity contribution is -0.125. The van der Waals surface area contributed by atoms with Crippen LogP contribution < -0.4 is 4.74 Å². The molecule has 1 rings (SSSR count). The first kappa shape index (κ1) is 20.9. The minimum absolute atomic E-state index is 0.0245. The predicted molar refractivity (Wildman–Crippen MR) is 100 cm³/mol. The zero-order valence-corrected chi connectivity index (χ0v) is 15.4. The summed E-state index contributed by atoms with van der Waals surface area (Å²) >= 11 is 0. The predicted octanol–water partition coefficient (Wildman–Crippen LogP) is 5.24. The zero-order valence-electron chi connectivity index (χ0n) is 15.4. The topological polar surface area (TPSA) is 63.6 Å². The number of hydrogen-bond donors (Lipinski definition) is 1. The number of allylic oxidation sites excluding steroid dienone is 2. The number of phenolic OH excluding ortho intramolecular Hbond substituents is 1. The van der Waals surface area contributed by atoms with E-state index < -0.39 is 6.10 Å². The number of ketones is 1. The van der Waals surface area contributed by atoms with E-state index in [0.717, 1.165) is 6.42 Å². The van der Waals surface area contributed by atoms with E-state index >= 15 is 0 Å². The van der Waals surface area contributed by atoms with Crippen LogP contribution in [0.2, 0.25) is 0 Å². The van der Waals surface area contributed by atoms with E-state index in [-0.39, 0.29) is 17.3 Å². The summed E-state index contributed by atoms with van der Waals surface area (Å²) in [6, 6.07) is 4.32. The van der Waals surface area contributed by atoms with Gasteiger partial charge in [0.1, 0.15) is 6.29 Å². The third-order valence-electron chi connectivity index (χ3n) is 4.08. The highest BCUT2D eigenvalue weighted by atomic mass is 16.5. The number of carbonyl (C=O) groups is 2. The number of phenols is 1. The fraction of sp³-hybridized carbons (Fsp3) is 0.524. The molecule has 25 heavy (non-hydrogen) atoms. The third-order valence-corrected chi connectivity index (χ3v) is 4.08. The quantitative estimate of drug-likeness (QED) is 0.301. The molecule has 1 atom stereocenters. The molecule has 0 heterocycles. The molecule has 0 fully saturated rings. The average Bonchev–Trinajstić information content (AvgIpc) is 2.61. The van der Waals surface area contributed by atoms with Gasteiger partial charge in [0, 0.05) is 12.0 Å². The highest BCUT2D eigenvalue weighted by Crippen LogP contribution is 2.27. The Kier molecular flexibility index (Phi) is 10.3. The smallest absolute Gasteiger partial charge is 0.173 e. The maximum atomic E-state index is 12.1. The van der Waals surface area contributed by atoms with Crippen molar-refractivity contribution in [2.45, 2.75) is 71.3 Å². The summed E-state index contributed by atoms with van der Waals surface area (Å²) in [6.07, 6.45) is 12.7. The molecule has 0 aliphatic carbocycles. The molecule has 0 spiro atoms. The van der Waals surface area contributed by atoms with Gasteiger partial charge in [-0.05, 0) is 44.4 Å². The molecule has 1 aromatic carbocycles. The molecule has 4 nitrogen and oxygen atoms in total. The molecule has 0 aliphatic rings.